The maximum atomic E-state index is 6.79. The van der Waals surface area contributed by atoms with Gasteiger partial charge in [-0.05, 0) is 15.4 Å². The second-order valence-electron chi connectivity index (χ2n) is 7.28. The minimum Gasteiger partial charge on any atom is -0.401 e. The Balaban J connectivity index is 2.09. The van der Waals surface area contributed by atoms with E-state index in [1.165, 1.54) is 10.4 Å². The van der Waals surface area contributed by atoms with Crippen molar-refractivity contribution in [2.75, 3.05) is 0 Å². The Morgan fingerprint density at radius 2 is 1.38 bits per heavy atom. The summed E-state index contributed by atoms with van der Waals surface area (Å²) in [7, 11) is -2.55. The monoisotopic (exact) mass is 382 g/mol. The lowest BCUT2D eigenvalue weighted by atomic mass is 10.2. The average Bonchev–Trinajstić information content (AvgIpc) is 2.64. The summed E-state index contributed by atoms with van der Waals surface area (Å²) in [5.74, 6) is 0. The van der Waals surface area contributed by atoms with Crippen LogP contribution in [-0.4, -0.2) is 18.3 Å². The van der Waals surface area contributed by atoms with Gasteiger partial charge < -0.3 is 4.43 Å². The van der Waals surface area contributed by atoms with Crippen LogP contribution in [0.15, 0.2) is 73.1 Å². The highest BCUT2D eigenvalue weighted by atomic mass is 35.5. The van der Waals surface area contributed by atoms with Gasteiger partial charge in [-0.15, -0.1) is 0 Å². The van der Waals surface area contributed by atoms with E-state index in [1.807, 2.05) is 12.1 Å². The zero-order valence-electron chi connectivity index (χ0n) is 15.3. The molecule has 0 unspecified atom stereocenters. The van der Waals surface area contributed by atoms with E-state index in [2.05, 4.69) is 79.3 Å². The highest BCUT2D eigenvalue weighted by Crippen LogP contribution is 2.37. The fourth-order valence-electron chi connectivity index (χ4n) is 3.36. The number of aromatic nitrogens is 2. The second-order valence-corrected chi connectivity index (χ2v) is 12.0. The highest BCUT2D eigenvalue weighted by molar-refractivity contribution is 6.99. The molecular weight excluding hydrogens is 360 g/mol. The van der Waals surface area contributed by atoms with Crippen LogP contribution in [0, 0.1) is 0 Å². The van der Waals surface area contributed by atoms with Gasteiger partial charge in [-0.2, -0.15) is 0 Å². The first kappa shape index (κ1) is 18.8. The van der Waals surface area contributed by atoms with E-state index in [0.29, 0.717) is 11.8 Å². The Morgan fingerprint density at radius 1 is 0.846 bits per heavy atom. The molecule has 0 aliphatic heterocycles. The average molecular weight is 383 g/mol. The van der Waals surface area contributed by atoms with Gasteiger partial charge in [0.05, 0.1) is 24.7 Å². The van der Waals surface area contributed by atoms with Crippen LogP contribution in [0.1, 0.15) is 26.5 Å². The molecule has 0 radical (unpaired) electrons. The minimum absolute atomic E-state index is 0.0600. The molecule has 3 rings (SSSR count). The maximum absolute atomic E-state index is 6.79. The van der Waals surface area contributed by atoms with Crippen molar-refractivity contribution in [1.82, 2.24) is 9.97 Å². The van der Waals surface area contributed by atoms with Gasteiger partial charge in [-0.3, -0.25) is 4.98 Å². The van der Waals surface area contributed by atoms with Crippen molar-refractivity contribution in [3.8, 4) is 0 Å². The summed E-state index contributed by atoms with van der Waals surface area (Å²) < 4.78 is 6.79. The lowest BCUT2D eigenvalue weighted by molar-refractivity contribution is 0.281. The van der Waals surface area contributed by atoms with Gasteiger partial charge >= 0.3 is 0 Å². The minimum atomic E-state index is -2.55. The lowest BCUT2D eigenvalue weighted by Crippen LogP contribution is -2.66. The van der Waals surface area contributed by atoms with Crippen LogP contribution in [0.5, 0.6) is 0 Å². The third kappa shape index (κ3) is 3.73. The zero-order valence-corrected chi connectivity index (χ0v) is 17.1. The van der Waals surface area contributed by atoms with E-state index < -0.39 is 8.32 Å². The van der Waals surface area contributed by atoms with Crippen molar-refractivity contribution in [3.05, 3.63) is 83.9 Å². The van der Waals surface area contributed by atoms with Gasteiger partial charge in [-0.25, -0.2) is 4.98 Å². The Labute approximate surface area is 161 Å². The Hall–Kier alpha value is -2.01. The molecule has 2 aromatic carbocycles. The van der Waals surface area contributed by atoms with E-state index in [0.717, 1.165) is 5.69 Å². The normalized spacial score (nSPS) is 12.2. The van der Waals surface area contributed by atoms with E-state index in [4.69, 9.17) is 16.0 Å². The van der Waals surface area contributed by atoms with Crippen LogP contribution in [-0.2, 0) is 11.0 Å². The summed E-state index contributed by atoms with van der Waals surface area (Å²) in [4.78, 5) is 8.48. The molecule has 0 atom stereocenters. The maximum Gasteiger partial charge on any atom is 0.261 e. The molecule has 0 aliphatic rings. The number of hydrogen-bond donors (Lipinski definition) is 0. The summed E-state index contributed by atoms with van der Waals surface area (Å²) in [5, 5.41) is 2.83. The van der Waals surface area contributed by atoms with Crippen LogP contribution < -0.4 is 10.4 Å². The standard InChI is InChI=1S/C21H23ClN2OSi/c1-21(2,3)26(18-10-6-4-7-11-18,19-12-8-5-9-13-19)25-16-17-14-24-20(22)15-23-17/h4-15H,16H2,1-3H3. The number of nitrogens with zero attached hydrogens (tertiary/aromatic N) is 2. The van der Waals surface area contributed by atoms with E-state index in [-0.39, 0.29) is 5.04 Å². The van der Waals surface area contributed by atoms with Crippen LogP contribution in [0.3, 0.4) is 0 Å². The molecule has 0 saturated carbocycles. The van der Waals surface area contributed by atoms with Crippen molar-refractivity contribution < 1.29 is 4.43 Å². The number of halogens is 1. The molecule has 1 aromatic heterocycles. The summed E-state index contributed by atoms with van der Waals surface area (Å²) in [5.41, 5.74) is 0.780. The molecular formula is C21H23ClN2OSi. The van der Waals surface area contributed by atoms with Crippen LogP contribution in [0.2, 0.25) is 10.2 Å². The van der Waals surface area contributed by atoms with Crippen molar-refractivity contribution in [3.63, 3.8) is 0 Å². The van der Waals surface area contributed by atoms with Gasteiger partial charge in [-0.1, -0.05) is 93.0 Å². The SMILES string of the molecule is CC(C)(C)[Si](OCc1cnc(Cl)cn1)(c1ccccc1)c1ccccc1. The predicted molar refractivity (Wildman–Crippen MR) is 109 cm³/mol. The summed E-state index contributed by atoms with van der Waals surface area (Å²) in [6, 6.07) is 21.1. The van der Waals surface area contributed by atoms with Crippen molar-refractivity contribution in [2.45, 2.75) is 32.4 Å². The molecule has 0 saturated heterocycles. The van der Waals surface area contributed by atoms with E-state index in [9.17, 15) is 0 Å². The Bertz CT molecular complexity index is 794. The van der Waals surface area contributed by atoms with E-state index >= 15 is 0 Å². The quantitative estimate of drug-likeness (QED) is 0.620. The molecule has 1 heterocycles. The third-order valence-corrected chi connectivity index (χ3v) is 9.70. The summed E-state index contributed by atoms with van der Waals surface area (Å²) >= 11 is 5.86. The van der Waals surface area contributed by atoms with Gasteiger partial charge in [0.15, 0.2) is 0 Å². The first-order valence-corrected chi connectivity index (χ1v) is 10.9. The fraction of sp³-hybridized carbons (Fsp3) is 0.238. The van der Waals surface area contributed by atoms with Crippen LogP contribution >= 0.6 is 11.6 Å². The first-order chi connectivity index (χ1) is 12.4. The smallest absolute Gasteiger partial charge is 0.261 e. The molecule has 0 amide bonds. The molecule has 26 heavy (non-hydrogen) atoms. The second kappa shape index (κ2) is 7.70. The largest absolute Gasteiger partial charge is 0.401 e. The fourth-order valence-corrected chi connectivity index (χ4v) is 7.97. The van der Waals surface area contributed by atoms with Gasteiger partial charge in [0, 0.05) is 0 Å². The molecule has 0 fully saturated rings. The zero-order chi connectivity index (χ0) is 18.6. The molecule has 3 nitrogen and oxygen atoms in total. The van der Waals surface area contributed by atoms with Crippen LogP contribution in [0.4, 0.5) is 0 Å². The number of benzene rings is 2. The molecule has 5 heteroatoms. The first-order valence-electron chi connectivity index (χ1n) is 8.65. The molecule has 0 bridgehead atoms. The number of rotatable bonds is 5. The van der Waals surface area contributed by atoms with Gasteiger partial charge in [0.2, 0.25) is 0 Å². The van der Waals surface area contributed by atoms with Gasteiger partial charge in [0.25, 0.3) is 8.32 Å². The van der Waals surface area contributed by atoms with Crippen molar-refractivity contribution >= 4 is 30.3 Å². The number of hydrogen-bond acceptors (Lipinski definition) is 3. The summed E-state index contributed by atoms with van der Waals surface area (Å²) in [6.07, 6.45) is 3.24. The highest BCUT2D eigenvalue weighted by Gasteiger charge is 2.50. The van der Waals surface area contributed by atoms with Crippen molar-refractivity contribution in [1.29, 1.82) is 0 Å². The van der Waals surface area contributed by atoms with Crippen molar-refractivity contribution in [2.24, 2.45) is 0 Å². The molecule has 134 valence electrons. The van der Waals surface area contributed by atoms with Crippen LogP contribution in [0.25, 0.3) is 0 Å². The molecule has 0 N–H and O–H groups in total. The topological polar surface area (TPSA) is 35.0 Å². The lowest BCUT2D eigenvalue weighted by Gasteiger charge is -2.42. The Kier molecular flexibility index (Phi) is 5.56. The molecule has 3 aromatic rings. The van der Waals surface area contributed by atoms with Gasteiger partial charge in [0.1, 0.15) is 5.15 Å². The Morgan fingerprint density at radius 3 is 1.81 bits per heavy atom. The van der Waals surface area contributed by atoms with E-state index in [1.54, 1.807) is 12.4 Å². The molecule has 0 spiro atoms. The molecule has 0 aliphatic carbocycles. The predicted octanol–water partition coefficient (Wildman–Crippen LogP) is 4.21. The summed E-state index contributed by atoms with van der Waals surface area (Å²) in [6.45, 7) is 7.17. The third-order valence-electron chi connectivity index (χ3n) is 4.53.